The number of rotatable bonds is 6. The summed E-state index contributed by atoms with van der Waals surface area (Å²) in [5, 5.41) is 11.0. The summed E-state index contributed by atoms with van der Waals surface area (Å²) in [6.07, 6.45) is 1.54. The van der Waals surface area contributed by atoms with Gasteiger partial charge in [0.2, 0.25) is 11.7 Å². The van der Waals surface area contributed by atoms with Crippen LogP contribution in [0.25, 0.3) is 28.5 Å². The maximum Gasteiger partial charge on any atom is 0.350 e. The number of pyridine rings is 1. The molecule has 33 heavy (non-hydrogen) atoms. The van der Waals surface area contributed by atoms with E-state index >= 15 is 0 Å². The topological polar surface area (TPSA) is 107 Å². The van der Waals surface area contributed by atoms with Crippen LogP contribution in [0.15, 0.2) is 82.2 Å². The average Bonchev–Trinajstić information content (AvgIpc) is 3.44. The van der Waals surface area contributed by atoms with Gasteiger partial charge in [0.1, 0.15) is 12.4 Å². The van der Waals surface area contributed by atoms with E-state index in [0.717, 1.165) is 10.2 Å². The fourth-order valence-corrected chi connectivity index (χ4v) is 3.37. The molecule has 5 aromatic rings. The van der Waals surface area contributed by atoms with Gasteiger partial charge in [-0.3, -0.25) is 4.79 Å². The Bertz CT molecular complexity index is 1510. The maximum absolute atomic E-state index is 13.5. The molecule has 0 atom stereocenters. The van der Waals surface area contributed by atoms with Crippen LogP contribution >= 0.6 is 0 Å². The first kappa shape index (κ1) is 20.3. The zero-order valence-corrected chi connectivity index (χ0v) is 17.2. The molecule has 0 saturated heterocycles. The minimum atomic E-state index is -0.480. The first-order chi connectivity index (χ1) is 16.1. The van der Waals surface area contributed by atoms with Gasteiger partial charge in [0.15, 0.2) is 5.65 Å². The molecule has 0 radical (unpaired) electrons. The fraction of sp³-hybridized carbons (Fsp3) is 0.0870. The van der Waals surface area contributed by atoms with Crippen molar-refractivity contribution in [1.82, 2.24) is 29.6 Å². The van der Waals surface area contributed by atoms with Crippen LogP contribution in [0.3, 0.4) is 0 Å². The van der Waals surface area contributed by atoms with Gasteiger partial charge in [-0.25, -0.2) is 18.3 Å². The SMILES string of the molecule is O=C(Cn1nc2c(-c3nc(-c4cccc(F)c4)no3)cccn2c1=O)NCc1ccccc1. The van der Waals surface area contributed by atoms with Crippen LogP contribution < -0.4 is 11.0 Å². The highest BCUT2D eigenvalue weighted by Crippen LogP contribution is 2.24. The van der Waals surface area contributed by atoms with E-state index in [1.165, 1.54) is 22.7 Å². The quantitative estimate of drug-likeness (QED) is 0.432. The van der Waals surface area contributed by atoms with Crippen molar-refractivity contribution in [2.75, 3.05) is 0 Å². The minimum absolute atomic E-state index is 0.116. The Morgan fingerprint density at radius 2 is 1.91 bits per heavy atom. The Balaban J connectivity index is 1.41. The van der Waals surface area contributed by atoms with Gasteiger partial charge in [-0.15, -0.1) is 5.10 Å². The lowest BCUT2D eigenvalue weighted by atomic mass is 10.2. The minimum Gasteiger partial charge on any atom is -0.350 e. The number of fused-ring (bicyclic) bond motifs is 1. The Labute approximate surface area is 186 Å². The van der Waals surface area contributed by atoms with E-state index in [0.29, 0.717) is 17.7 Å². The lowest BCUT2D eigenvalue weighted by Gasteiger charge is -2.04. The third kappa shape index (κ3) is 4.13. The van der Waals surface area contributed by atoms with Crippen molar-refractivity contribution in [2.24, 2.45) is 0 Å². The first-order valence-corrected chi connectivity index (χ1v) is 10.1. The zero-order chi connectivity index (χ0) is 22.8. The molecule has 164 valence electrons. The highest BCUT2D eigenvalue weighted by molar-refractivity contribution is 5.76. The number of halogens is 1. The molecule has 0 fully saturated rings. The zero-order valence-electron chi connectivity index (χ0n) is 17.2. The van der Waals surface area contributed by atoms with Crippen molar-refractivity contribution in [2.45, 2.75) is 13.1 Å². The number of carbonyl (C=O) groups is 1. The predicted molar refractivity (Wildman–Crippen MR) is 116 cm³/mol. The van der Waals surface area contributed by atoms with Crippen molar-refractivity contribution >= 4 is 11.6 Å². The second-order valence-electron chi connectivity index (χ2n) is 7.25. The number of amides is 1. The van der Waals surface area contributed by atoms with Crippen LogP contribution in [0.2, 0.25) is 0 Å². The van der Waals surface area contributed by atoms with Crippen LogP contribution in [0.1, 0.15) is 5.56 Å². The molecule has 0 spiro atoms. The van der Waals surface area contributed by atoms with E-state index in [2.05, 4.69) is 20.6 Å². The fourth-order valence-electron chi connectivity index (χ4n) is 3.37. The van der Waals surface area contributed by atoms with Gasteiger partial charge in [0.05, 0.1) is 5.56 Å². The summed E-state index contributed by atoms with van der Waals surface area (Å²) < 4.78 is 21.2. The summed E-state index contributed by atoms with van der Waals surface area (Å²) in [5.74, 6) is -0.451. The second kappa shape index (κ2) is 8.50. The van der Waals surface area contributed by atoms with Crippen LogP contribution in [-0.4, -0.2) is 30.2 Å². The second-order valence-corrected chi connectivity index (χ2v) is 7.25. The molecule has 0 unspecified atom stereocenters. The molecule has 2 aromatic carbocycles. The molecule has 3 heterocycles. The Morgan fingerprint density at radius 3 is 2.73 bits per heavy atom. The summed E-state index contributed by atoms with van der Waals surface area (Å²) in [4.78, 5) is 29.4. The molecule has 10 heteroatoms. The van der Waals surface area contributed by atoms with Crippen LogP contribution in [0, 0.1) is 5.82 Å². The number of benzene rings is 2. The standard InChI is InChI=1S/C23H17FN6O3/c24-17-9-4-8-16(12-17)20-26-22(33-28-20)18-10-5-11-29-21(18)27-30(23(29)32)14-19(31)25-13-15-6-2-1-3-7-15/h1-12H,13-14H2,(H,25,31). The van der Waals surface area contributed by atoms with E-state index in [1.54, 1.807) is 24.3 Å². The smallest absolute Gasteiger partial charge is 0.350 e. The molecule has 1 N–H and O–H groups in total. The summed E-state index contributed by atoms with van der Waals surface area (Å²) in [6.45, 7) is 0.100. The molecular weight excluding hydrogens is 427 g/mol. The number of aromatic nitrogens is 5. The molecule has 1 amide bonds. The summed E-state index contributed by atoms with van der Waals surface area (Å²) >= 11 is 0. The largest absolute Gasteiger partial charge is 0.350 e. The van der Waals surface area contributed by atoms with E-state index < -0.39 is 11.5 Å². The van der Waals surface area contributed by atoms with Crippen LogP contribution in [-0.2, 0) is 17.9 Å². The predicted octanol–water partition coefficient (Wildman–Crippen LogP) is 2.67. The Kier molecular flexibility index (Phi) is 5.23. The van der Waals surface area contributed by atoms with Gasteiger partial charge in [-0.05, 0) is 29.8 Å². The summed E-state index contributed by atoms with van der Waals surface area (Å²) in [5.41, 5.74) is 1.59. The number of nitrogens with one attached hydrogen (secondary N) is 1. The van der Waals surface area contributed by atoms with Crippen molar-refractivity contribution < 1.29 is 13.7 Å². The van der Waals surface area contributed by atoms with Gasteiger partial charge in [0, 0.05) is 18.3 Å². The highest BCUT2D eigenvalue weighted by Gasteiger charge is 2.18. The third-order valence-electron chi connectivity index (χ3n) is 4.97. The summed E-state index contributed by atoms with van der Waals surface area (Å²) in [7, 11) is 0. The normalized spacial score (nSPS) is 11.1. The van der Waals surface area contributed by atoms with Gasteiger partial charge < -0.3 is 9.84 Å². The molecular formula is C23H17FN6O3. The van der Waals surface area contributed by atoms with E-state index in [-0.39, 0.29) is 29.8 Å². The van der Waals surface area contributed by atoms with E-state index in [9.17, 15) is 14.0 Å². The Morgan fingerprint density at radius 1 is 1.06 bits per heavy atom. The Hall–Kier alpha value is -4.60. The van der Waals surface area contributed by atoms with Crippen molar-refractivity contribution in [1.29, 1.82) is 0 Å². The maximum atomic E-state index is 13.5. The number of hydrogen-bond acceptors (Lipinski definition) is 6. The monoisotopic (exact) mass is 444 g/mol. The van der Waals surface area contributed by atoms with Crippen LogP contribution in [0.4, 0.5) is 4.39 Å². The lowest BCUT2D eigenvalue weighted by molar-refractivity contribution is -0.122. The van der Waals surface area contributed by atoms with Crippen molar-refractivity contribution in [3.63, 3.8) is 0 Å². The molecule has 0 bridgehead atoms. The van der Waals surface area contributed by atoms with Gasteiger partial charge in [-0.1, -0.05) is 47.6 Å². The van der Waals surface area contributed by atoms with E-state index in [1.807, 2.05) is 30.3 Å². The van der Waals surface area contributed by atoms with Crippen molar-refractivity contribution in [3.05, 3.63) is 94.8 Å². The number of carbonyl (C=O) groups excluding carboxylic acids is 1. The number of nitrogens with zero attached hydrogens (tertiary/aromatic N) is 5. The molecule has 0 saturated carbocycles. The third-order valence-corrected chi connectivity index (χ3v) is 4.97. The average molecular weight is 444 g/mol. The summed E-state index contributed by atoms with van der Waals surface area (Å²) in [6, 6.07) is 18.6. The van der Waals surface area contributed by atoms with Gasteiger partial charge in [-0.2, -0.15) is 4.98 Å². The molecule has 0 aliphatic heterocycles. The lowest BCUT2D eigenvalue weighted by Crippen LogP contribution is -2.32. The molecule has 3 aromatic heterocycles. The van der Waals surface area contributed by atoms with Gasteiger partial charge >= 0.3 is 5.69 Å². The molecule has 9 nitrogen and oxygen atoms in total. The van der Waals surface area contributed by atoms with Gasteiger partial charge in [0.25, 0.3) is 5.89 Å². The number of hydrogen-bond donors (Lipinski definition) is 1. The highest BCUT2D eigenvalue weighted by atomic mass is 19.1. The van der Waals surface area contributed by atoms with E-state index in [4.69, 9.17) is 4.52 Å². The first-order valence-electron chi connectivity index (χ1n) is 10.1. The van der Waals surface area contributed by atoms with Crippen molar-refractivity contribution in [3.8, 4) is 22.8 Å². The molecule has 0 aliphatic rings. The van der Waals surface area contributed by atoms with Crippen LogP contribution in [0.5, 0.6) is 0 Å². The molecule has 0 aliphatic carbocycles. The molecule has 5 rings (SSSR count).